The van der Waals surface area contributed by atoms with Crippen molar-refractivity contribution in [3.63, 3.8) is 0 Å². The number of benzene rings is 1. The third kappa shape index (κ3) is 7.29. The zero-order valence-electron chi connectivity index (χ0n) is 27.1. The number of hydrogen-bond donors (Lipinski definition) is 2. The maximum atomic E-state index is 14.5. The average molecular weight is 701 g/mol. The van der Waals surface area contributed by atoms with Gasteiger partial charge in [-0.2, -0.15) is 4.98 Å². The molecule has 0 radical (unpaired) electrons. The van der Waals surface area contributed by atoms with E-state index in [0.717, 1.165) is 6.54 Å². The highest BCUT2D eigenvalue weighted by Crippen LogP contribution is 2.45. The monoisotopic (exact) mass is 699 g/mol. The van der Waals surface area contributed by atoms with Gasteiger partial charge in [-0.1, -0.05) is 36.4 Å². The van der Waals surface area contributed by atoms with Gasteiger partial charge < -0.3 is 34.6 Å². The van der Waals surface area contributed by atoms with E-state index in [1.165, 1.54) is 26.4 Å². The van der Waals surface area contributed by atoms with Gasteiger partial charge in [-0.15, -0.1) is 0 Å². The lowest BCUT2D eigenvalue weighted by atomic mass is 10.0. The number of nitrogens with one attached hydrogen (secondary N) is 2. The Morgan fingerprint density at radius 2 is 1.83 bits per heavy atom. The van der Waals surface area contributed by atoms with E-state index >= 15 is 0 Å². The van der Waals surface area contributed by atoms with E-state index in [9.17, 15) is 14.4 Å². The van der Waals surface area contributed by atoms with Crippen molar-refractivity contribution in [2.24, 2.45) is 0 Å². The number of rotatable bonds is 11. The molecule has 0 saturated carbocycles. The molecule has 2 aliphatic rings. The number of amides is 2. The normalized spacial score (nSPS) is 19.9. The Bertz CT molecular complexity index is 1760. The van der Waals surface area contributed by atoms with Crippen molar-refractivity contribution in [3.05, 3.63) is 64.0 Å². The van der Waals surface area contributed by atoms with E-state index in [1.807, 2.05) is 7.05 Å². The summed E-state index contributed by atoms with van der Waals surface area (Å²) in [4.78, 5) is 52.6. The van der Waals surface area contributed by atoms with Crippen molar-refractivity contribution in [3.8, 4) is 22.6 Å². The van der Waals surface area contributed by atoms with Gasteiger partial charge in [0.25, 0.3) is 5.56 Å². The second kappa shape index (κ2) is 15.4. The molecule has 48 heavy (non-hydrogen) atoms. The van der Waals surface area contributed by atoms with Crippen LogP contribution in [-0.4, -0.2) is 108 Å². The highest BCUT2D eigenvalue weighted by Gasteiger charge is 2.30. The van der Waals surface area contributed by atoms with Gasteiger partial charge in [0.1, 0.15) is 17.1 Å². The molecule has 2 aliphatic heterocycles. The van der Waals surface area contributed by atoms with Crippen molar-refractivity contribution in [1.82, 2.24) is 29.7 Å². The number of carbonyl (C=O) groups is 2. The first-order valence-corrected chi connectivity index (χ1v) is 16.2. The van der Waals surface area contributed by atoms with Gasteiger partial charge in [0.2, 0.25) is 17.8 Å². The molecule has 5 rings (SSSR count). The Morgan fingerprint density at radius 1 is 1.10 bits per heavy atom. The fraction of sp³-hybridized carbons (Fsp3) is 0.424. The third-order valence-electron chi connectivity index (χ3n) is 8.68. The molecule has 2 aromatic heterocycles. The van der Waals surface area contributed by atoms with E-state index in [2.05, 4.69) is 33.7 Å². The van der Waals surface area contributed by atoms with Crippen LogP contribution in [0.2, 0.25) is 10.0 Å². The lowest BCUT2D eigenvalue weighted by molar-refractivity contribution is -0.130. The molecule has 1 aromatic carbocycles. The molecule has 15 heteroatoms. The van der Waals surface area contributed by atoms with E-state index in [-0.39, 0.29) is 75.1 Å². The van der Waals surface area contributed by atoms with Crippen LogP contribution in [0.5, 0.6) is 11.5 Å². The first-order chi connectivity index (χ1) is 23.1. The van der Waals surface area contributed by atoms with E-state index < -0.39 is 5.56 Å². The van der Waals surface area contributed by atoms with Crippen molar-refractivity contribution >= 4 is 52.0 Å². The Morgan fingerprint density at radius 3 is 2.50 bits per heavy atom. The molecule has 3 unspecified atom stereocenters. The minimum absolute atomic E-state index is 0.145. The standard InChI is InChI=1S/C33H39Cl2N7O6/c1-6-26(43)37-22-9-13-48-18-23(22)38-33-36-16-19-14-21(28-29(34)24(46-4)15-25(47-5)30(28)35)32(45)42(31(19)39-33)10-8-20-17-40(3)11-12-41(20)27(44)7-2/h6-7,14-16,20,22-23H,1-2,8-13,17-18H2,3-5H3,(H,37,43)(H,36,38,39). The van der Waals surface area contributed by atoms with Crippen LogP contribution < -0.4 is 25.7 Å². The van der Waals surface area contributed by atoms with Gasteiger partial charge in [0.05, 0.1) is 48.5 Å². The van der Waals surface area contributed by atoms with Gasteiger partial charge in [-0.05, 0) is 38.1 Å². The summed E-state index contributed by atoms with van der Waals surface area (Å²) in [5.74, 6) is 0.357. The Kier molecular flexibility index (Phi) is 11.3. The molecule has 3 atom stereocenters. The molecule has 2 amide bonds. The molecule has 0 bridgehead atoms. The zero-order valence-corrected chi connectivity index (χ0v) is 28.6. The van der Waals surface area contributed by atoms with Gasteiger partial charge in [0.15, 0.2) is 0 Å². The number of fused-ring (bicyclic) bond motifs is 1. The average Bonchev–Trinajstić information content (AvgIpc) is 3.09. The number of hydrogen-bond acceptors (Lipinski definition) is 10. The number of pyridine rings is 1. The van der Waals surface area contributed by atoms with Crippen molar-refractivity contribution in [2.45, 2.75) is 37.5 Å². The van der Waals surface area contributed by atoms with Crippen LogP contribution in [0, 0.1) is 0 Å². The Labute approximate surface area is 288 Å². The van der Waals surface area contributed by atoms with E-state index in [1.54, 1.807) is 27.8 Å². The summed E-state index contributed by atoms with van der Waals surface area (Å²) in [6, 6.07) is 2.42. The minimum atomic E-state index is -0.408. The van der Waals surface area contributed by atoms with Gasteiger partial charge in [-0.25, -0.2) is 4.98 Å². The van der Waals surface area contributed by atoms with E-state index in [4.69, 9.17) is 42.4 Å². The minimum Gasteiger partial charge on any atom is -0.495 e. The molecule has 2 fully saturated rings. The number of likely N-dealkylation sites (N-methyl/N-ethyl adjacent to an activating group) is 1. The fourth-order valence-electron chi connectivity index (χ4n) is 6.14. The number of halogens is 2. The molecular weight excluding hydrogens is 661 g/mol. The number of anilines is 1. The number of aromatic nitrogens is 3. The lowest BCUT2D eigenvalue weighted by Crippen LogP contribution is -2.54. The molecule has 2 saturated heterocycles. The summed E-state index contributed by atoms with van der Waals surface area (Å²) in [5, 5.41) is 7.04. The van der Waals surface area contributed by atoms with Crippen molar-refractivity contribution in [1.29, 1.82) is 0 Å². The summed E-state index contributed by atoms with van der Waals surface area (Å²) in [6.07, 6.45) is 5.17. The van der Waals surface area contributed by atoms with Crippen LogP contribution in [0.25, 0.3) is 22.2 Å². The summed E-state index contributed by atoms with van der Waals surface area (Å²) in [7, 11) is 4.92. The number of nitrogens with zero attached hydrogens (tertiary/aromatic N) is 5. The van der Waals surface area contributed by atoms with Crippen LogP contribution in [0.4, 0.5) is 5.95 Å². The highest BCUT2D eigenvalue weighted by atomic mass is 35.5. The Balaban J connectivity index is 1.61. The topological polar surface area (TPSA) is 140 Å². The van der Waals surface area contributed by atoms with Crippen LogP contribution in [0.15, 0.2) is 48.4 Å². The number of carbonyl (C=O) groups excluding carboxylic acids is 2. The number of piperazine rings is 1. The number of aryl methyl sites for hydroxylation is 1. The maximum absolute atomic E-state index is 14.5. The summed E-state index contributed by atoms with van der Waals surface area (Å²) in [5.41, 5.74) is 0.400. The largest absolute Gasteiger partial charge is 0.495 e. The first-order valence-electron chi connectivity index (χ1n) is 15.5. The number of ether oxygens (including phenoxy) is 3. The van der Waals surface area contributed by atoms with Gasteiger partial charge >= 0.3 is 0 Å². The predicted octanol–water partition coefficient (Wildman–Crippen LogP) is 3.37. The molecule has 3 aromatic rings. The number of methoxy groups -OCH3 is 2. The van der Waals surface area contributed by atoms with E-state index in [0.29, 0.717) is 50.2 Å². The summed E-state index contributed by atoms with van der Waals surface area (Å²) < 4.78 is 18.2. The molecule has 256 valence electrons. The van der Waals surface area contributed by atoms with Crippen LogP contribution in [0.3, 0.4) is 0 Å². The molecule has 2 N–H and O–H groups in total. The predicted molar refractivity (Wildman–Crippen MR) is 185 cm³/mol. The molecule has 13 nitrogen and oxygen atoms in total. The van der Waals surface area contributed by atoms with Gasteiger partial charge in [-0.3, -0.25) is 19.0 Å². The van der Waals surface area contributed by atoms with Crippen LogP contribution >= 0.6 is 23.2 Å². The molecule has 4 heterocycles. The molecule has 0 aliphatic carbocycles. The third-order valence-corrected chi connectivity index (χ3v) is 9.43. The zero-order chi connectivity index (χ0) is 34.5. The maximum Gasteiger partial charge on any atom is 0.260 e. The van der Waals surface area contributed by atoms with Crippen molar-refractivity contribution in [2.75, 3.05) is 59.4 Å². The van der Waals surface area contributed by atoms with Crippen molar-refractivity contribution < 1.29 is 23.8 Å². The van der Waals surface area contributed by atoms with Gasteiger partial charge in [0, 0.05) is 62.0 Å². The summed E-state index contributed by atoms with van der Waals surface area (Å²) in [6.45, 7) is 10.1. The first kappa shape index (κ1) is 35.1. The molecular formula is C33H39Cl2N7O6. The molecule has 0 spiro atoms. The quantitative estimate of drug-likeness (QED) is 0.286. The van der Waals surface area contributed by atoms with Crippen LogP contribution in [-0.2, 0) is 20.9 Å². The second-order valence-electron chi connectivity index (χ2n) is 11.6. The van der Waals surface area contributed by atoms with Crippen LogP contribution in [0.1, 0.15) is 12.8 Å². The SMILES string of the molecule is C=CC(=O)NC1CCOCC1Nc1ncc2cc(-c3c(Cl)c(OC)cc(OC)c3Cl)c(=O)n(CCC3CN(C)CCN3C(=O)C=C)c2n1. The second-order valence-corrected chi connectivity index (χ2v) is 12.4. The summed E-state index contributed by atoms with van der Waals surface area (Å²) >= 11 is 13.5. The lowest BCUT2D eigenvalue weighted by Gasteiger charge is -2.39. The Hall–Kier alpha value is -4.17. The highest BCUT2D eigenvalue weighted by molar-refractivity contribution is 6.41. The fourth-order valence-corrected chi connectivity index (χ4v) is 6.85. The smallest absolute Gasteiger partial charge is 0.260 e.